The molecule has 4 heteroatoms. The smallest absolute Gasteiger partial charge is 0.221 e. The highest BCUT2D eigenvalue weighted by Crippen LogP contribution is 2.49. The summed E-state index contributed by atoms with van der Waals surface area (Å²) in [7, 11) is 0. The van der Waals surface area contributed by atoms with Crippen molar-refractivity contribution < 1.29 is 0 Å². The first kappa shape index (κ1) is 25.4. The van der Waals surface area contributed by atoms with Gasteiger partial charge in [0, 0.05) is 16.8 Å². The topological polar surface area (TPSA) is 27.2 Å². The van der Waals surface area contributed by atoms with E-state index >= 15 is 0 Å². The second-order valence-electron chi connectivity index (χ2n) is 11.3. The van der Waals surface area contributed by atoms with Crippen LogP contribution in [0.2, 0.25) is 0 Å². The Morgan fingerprint density at radius 3 is 1.51 bits per heavy atom. The molecule has 0 bridgehead atoms. The highest BCUT2D eigenvalue weighted by molar-refractivity contribution is 6.02. The second-order valence-corrected chi connectivity index (χ2v) is 11.3. The summed E-state index contributed by atoms with van der Waals surface area (Å²) in [6.07, 6.45) is 0. The van der Waals surface area contributed by atoms with Crippen molar-refractivity contribution in [2.45, 2.75) is 0 Å². The maximum Gasteiger partial charge on any atom is 0.221 e. The van der Waals surface area contributed by atoms with Gasteiger partial charge in [-0.05, 0) is 53.1 Å². The standard InChI is InChI=1S/C41H28N4/c1-5-17-29(18-6-1)37-38(30-19-7-2-8-20-30)40(43(32-23-11-4-12-24-32)39(37)31-21-9-3-10-22-31)45-36-28-16-15-27-35(36)44-34-26-14-13-25-33(34)42-41(44)45/h1-28H. The van der Waals surface area contributed by atoms with E-state index in [1.54, 1.807) is 0 Å². The van der Waals surface area contributed by atoms with Gasteiger partial charge in [-0.15, -0.1) is 0 Å². The van der Waals surface area contributed by atoms with Crippen molar-refractivity contribution in [1.82, 2.24) is 18.5 Å². The van der Waals surface area contributed by atoms with Crippen LogP contribution in [0.25, 0.3) is 72.9 Å². The Morgan fingerprint density at radius 2 is 0.867 bits per heavy atom. The number of aromatic nitrogens is 4. The van der Waals surface area contributed by atoms with Crippen molar-refractivity contribution in [1.29, 1.82) is 0 Å². The zero-order valence-corrected chi connectivity index (χ0v) is 24.5. The van der Waals surface area contributed by atoms with Crippen LogP contribution in [0.15, 0.2) is 170 Å². The van der Waals surface area contributed by atoms with E-state index in [4.69, 9.17) is 4.98 Å². The minimum Gasteiger partial charge on any atom is -0.294 e. The first-order chi connectivity index (χ1) is 22.4. The average molecular weight is 577 g/mol. The normalized spacial score (nSPS) is 11.6. The lowest BCUT2D eigenvalue weighted by atomic mass is 9.94. The maximum atomic E-state index is 5.30. The van der Waals surface area contributed by atoms with E-state index in [-0.39, 0.29) is 0 Å². The molecular weight excluding hydrogens is 548 g/mol. The molecule has 0 aliphatic heterocycles. The van der Waals surface area contributed by atoms with Gasteiger partial charge in [0.2, 0.25) is 5.78 Å². The lowest BCUT2D eigenvalue weighted by Crippen LogP contribution is -2.07. The van der Waals surface area contributed by atoms with Gasteiger partial charge in [-0.25, -0.2) is 4.98 Å². The Labute approximate surface area is 260 Å². The molecule has 0 spiro atoms. The fraction of sp³-hybridized carbons (Fsp3) is 0. The van der Waals surface area contributed by atoms with E-state index in [1.165, 1.54) is 5.56 Å². The Kier molecular flexibility index (Phi) is 5.78. The van der Waals surface area contributed by atoms with E-state index in [0.29, 0.717) is 0 Å². The van der Waals surface area contributed by atoms with E-state index in [2.05, 4.69) is 183 Å². The zero-order chi connectivity index (χ0) is 29.7. The molecule has 0 unspecified atom stereocenters. The first-order valence-corrected chi connectivity index (χ1v) is 15.3. The number of benzene rings is 6. The monoisotopic (exact) mass is 576 g/mol. The number of para-hydroxylation sites is 5. The summed E-state index contributed by atoms with van der Waals surface area (Å²) in [4.78, 5) is 5.30. The van der Waals surface area contributed by atoms with Gasteiger partial charge in [0.25, 0.3) is 0 Å². The number of hydrogen-bond donors (Lipinski definition) is 0. The molecule has 0 aliphatic rings. The molecule has 3 aromatic heterocycles. The highest BCUT2D eigenvalue weighted by Gasteiger charge is 2.30. The molecule has 9 rings (SSSR count). The molecule has 3 heterocycles. The third-order valence-corrected chi connectivity index (χ3v) is 8.65. The SMILES string of the molecule is c1ccc(-c2c(-c3ccccc3)c(-n3c4ccccc4n4c5ccccc5nc34)n(-c3ccccc3)c2-c2ccccc2)cc1. The Bertz CT molecular complexity index is 2350. The molecule has 0 atom stereocenters. The van der Waals surface area contributed by atoms with Crippen LogP contribution in [0.1, 0.15) is 0 Å². The van der Waals surface area contributed by atoms with Crippen molar-refractivity contribution in [3.63, 3.8) is 0 Å². The molecule has 0 amide bonds. The number of fused-ring (bicyclic) bond motifs is 5. The third kappa shape index (κ3) is 3.89. The van der Waals surface area contributed by atoms with E-state index < -0.39 is 0 Å². The molecular formula is C41H28N4. The number of imidazole rings is 2. The van der Waals surface area contributed by atoms with Gasteiger partial charge in [0.1, 0.15) is 5.82 Å². The van der Waals surface area contributed by atoms with Crippen LogP contribution >= 0.6 is 0 Å². The first-order valence-electron chi connectivity index (χ1n) is 15.3. The van der Waals surface area contributed by atoms with Gasteiger partial charge in [0.05, 0.1) is 27.8 Å². The lowest BCUT2D eigenvalue weighted by Gasteiger charge is -2.17. The van der Waals surface area contributed by atoms with Gasteiger partial charge in [-0.1, -0.05) is 133 Å². The fourth-order valence-electron chi connectivity index (χ4n) is 6.79. The highest BCUT2D eigenvalue weighted by atomic mass is 15.3. The summed E-state index contributed by atoms with van der Waals surface area (Å²) in [6, 6.07) is 60.1. The molecule has 45 heavy (non-hydrogen) atoms. The molecule has 6 aromatic carbocycles. The van der Waals surface area contributed by atoms with Crippen molar-refractivity contribution >= 4 is 27.8 Å². The van der Waals surface area contributed by atoms with Gasteiger partial charge in [-0.3, -0.25) is 13.5 Å². The Morgan fingerprint density at radius 1 is 0.378 bits per heavy atom. The van der Waals surface area contributed by atoms with Crippen molar-refractivity contribution in [3.8, 4) is 45.0 Å². The average Bonchev–Trinajstić information content (AvgIpc) is 3.77. The fourth-order valence-corrected chi connectivity index (χ4v) is 6.79. The summed E-state index contributed by atoms with van der Waals surface area (Å²) in [5, 5.41) is 0. The lowest BCUT2D eigenvalue weighted by molar-refractivity contribution is 0.965. The van der Waals surface area contributed by atoms with Crippen molar-refractivity contribution in [2.75, 3.05) is 0 Å². The molecule has 0 N–H and O–H groups in total. The molecule has 0 saturated carbocycles. The van der Waals surface area contributed by atoms with Crippen LogP contribution in [-0.2, 0) is 0 Å². The molecule has 9 aromatic rings. The van der Waals surface area contributed by atoms with Crippen LogP contribution in [0.3, 0.4) is 0 Å². The van der Waals surface area contributed by atoms with Crippen LogP contribution < -0.4 is 0 Å². The van der Waals surface area contributed by atoms with Gasteiger partial charge >= 0.3 is 0 Å². The van der Waals surface area contributed by atoms with E-state index in [1.807, 2.05) is 0 Å². The number of rotatable bonds is 5. The van der Waals surface area contributed by atoms with Crippen molar-refractivity contribution in [2.24, 2.45) is 0 Å². The van der Waals surface area contributed by atoms with Gasteiger partial charge in [0.15, 0.2) is 0 Å². The van der Waals surface area contributed by atoms with Crippen molar-refractivity contribution in [3.05, 3.63) is 170 Å². The Balaban J connectivity index is 1.58. The van der Waals surface area contributed by atoms with Gasteiger partial charge in [-0.2, -0.15) is 0 Å². The van der Waals surface area contributed by atoms with E-state index in [0.717, 1.165) is 67.3 Å². The van der Waals surface area contributed by atoms with Crippen LogP contribution in [0, 0.1) is 0 Å². The molecule has 0 saturated heterocycles. The largest absolute Gasteiger partial charge is 0.294 e. The number of hydrogen-bond acceptors (Lipinski definition) is 1. The minimum absolute atomic E-state index is 0.878. The zero-order valence-electron chi connectivity index (χ0n) is 24.5. The molecule has 0 radical (unpaired) electrons. The van der Waals surface area contributed by atoms with Crippen LogP contribution in [-0.4, -0.2) is 18.5 Å². The summed E-state index contributed by atoms with van der Waals surface area (Å²) < 4.78 is 7.10. The van der Waals surface area contributed by atoms with Crippen LogP contribution in [0.5, 0.6) is 0 Å². The summed E-state index contributed by atoms with van der Waals surface area (Å²) in [5.74, 6) is 1.93. The number of nitrogens with zero attached hydrogens (tertiary/aromatic N) is 4. The Hall–Kier alpha value is -6.13. The third-order valence-electron chi connectivity index (χ3n) is 8.65. The summed E-state index contributed by atoms with van der Waals surface area (Å²) in [6.45, 7) is 0. The van der Waals surface area contributed by atoms with Gasteiger partial charge < -0.3 is 0 Å². The summed E-state index contributed by atoms with van der Waals surface area (Å²) in [5.41, 5.74) is 12.3. The predicted octanol–water partition coefficient (Wildman–Crippen LogP) is 10.2. The quantitative estimate of drug-likeness (QED) is 0.200. The molecule has 0 fully saturated rings. The predicted molar refractivity (Wildman–Crippen MR) is 185 cm³/mol. The second kappa shape index (κ2) is 10.2. The maximum absolute atomic E-state index is 5.30. The van der Waals surface area contributed by atoms with E-state index in [9.17, 15) is 0 Å². The van der Waals surface area contributed by atoms with Crippen LogP contribution in [0.4, 0.5) is 0 Å². The molecule has 212 valence electrons. The molecule has 4 nitrogen and oxygen atoms in total. The molecule has 0 aliphatic carbocycles. The minimum atomic E-state index is 0.878. The summed E-state index contributed by atoms with van der Waals surface area (Å²) >= 11 is 0.